The molecule has 0 aliphatic heterocycles. The quantitative estimate of drug-likeness (QED) is 0.569. The lowest BCUT2D eigenvalue weighted by atomic mass is 10.1. The Morgan fingerprint density at radius 3 is 2.25 bits per heavy atom. The first-order chi connectivity index (χ1) is 15.1. The number of nitrogens with one attached hydrogen (secondary N) is 1. The van der Waals surface area contributed by atoms with Crippen molar-refractivity contribution in [2.24, 2.45) is 5.73 Å². The molecule has 0 saturated carbocycles. The van der Waals surface area contributed by atoms with Gasteiger partial charge in [-0.3, -0.25) is 13.9 Å². The summed E-state index contributed by atoms with van der Waals surface area (Å²) in [6.07, 6.45) is 1.03. The predicted molar refractivity (Wildman–Crippen MR) is 122 cm³/mol. The number of carbonyl (C=O) groups excluding carboxylic acids is 2. The highest BCUT2D eigenvalue weighted by molar-refractivity contribution is 7.92. The Balaban J connectivity index is 1.84. The first kappa shape index (κ1) is 23.0. The number of hydrogen-bond acceptors (Lipinski definition) is 4. The summed E-state index contributed by atoms with van der Waals surface area (Å²) in [6.45, 7) is 1.49. The zero-order valence-electron chi connectivity index (χ0n) is 17.5. The van der Waals surface area contributed by atoms with Gasteiger partial charge in [0.1, 0.15) is 5.82 Å². The van der Waals surface area contributed by atoms with Crippen molar-refractivity contribution in [3.05, 3.63) is 94.8 Å². The van der Waals surface area contributed by atoms with Gasteiger partial charge in [-0.1, -0.05) is 24.3 Å². The third-order valence-corrected chi connectivity index (χ3v) is 6.08. The number of benzene rings is 3. The van der Waals surface area contributed by atoms with E-state index in [1.54, 1.807) is 31.2 Å². The fraction of sp³-hybridized carbons (Fsp3) is 0.130. The summed E-state index contributed by atoms with van der Waals surface area (Å²) in [5, 5.41) is 2.72. The molecule has 3 aromatic carbocycles. The van der Waals surface area contributed by atoms with Crippen molar-refractivity contribution in [3.63, 3.8) is 0 Å². The van der Waals surface area contributed by atoms with Gasteiger partial charge >= 0.3 is 0 Å². The van der Waals surface area contributed by atoms with E-state index < -0.39 is 27.7 Å². The molecule has 3 rings (SSSR count). The van der Waals surface area contributed by atoms with Gasteiger partial charge in [0.15, 0.2) is 0 Å². The van der Waals surface area contributed by atoms with Gasteiger partial charge in [0.2, 0.25) is 15.9 Å². The van der Waals surface area contributed by atoms with Crippen LogP contribution in [0.25, 0.3) is 0 Å². The summed E-state index contributed by atoms with van der Waals surface area (Å²) in [5.41, 5.74) is 7.41. The first-order valence-corrected chi connectivity index (χ1v) is 11.4. The van der Waals surface area contributed by atoms with Gasteiger partial charge in [-0.25, -0.2) is 12.8 Å². The van der Waals surface area contributed by atoms with Crippen LogP contribution in [0.5, 0.6) is 0 Å². The molecular weight excluding hydrogens is 433 g/mol. The fourth-order valence-electron chi connectivity index (χ4n) is 3.19. The van der Waals surface area contributed by atoms with Crippen LogP contribution in [0, 0.1) is 12.7 Å². The summed E-state index contributed by atoms with van der Waals surface area (Å²) in [5.74, 6) is -1.55. The summed E-state index contributed by atoms with van der Waals surface area (Å²) < 4.78 is 39.7. The second-order valence-electron chi connectivity index (χ2n) is 7.20. The van der Waals surface area contributed by atoms with Crippen molar-refractivity contribution in [3.8, 4) is 0 Å². The molecule has 0 aromatic heterocycles. The lowest BCUT2D eigenvalue weighted by Crippen LogP contribution is -2.29. The summed E-state index contributed by atoms with van der Waals surface area (Å²) in [4.78, 5) is 24.1. The van der Waals surface area contributed by atoms with Crippen LogP contribution >= 0.6 is 0 Å². The average Bonchev–Trinajstić information content (AvgIpc) is 2.73. The lowest BCUT2D eigenvalue weighted by Gasteiger charge is -2.23. The van der Waals surface area contributed by atoms with Crippen molar-refractivity contribution in [1.29, 1.82) is 0 Å². The first-order valence-electron chi connectivity index (χ1n) is 9.60. The molecule has 7 nitrogen and oxygen atoms in total. The Morgan fingerprint density at radius 2 is 1.66 bits per heavy atom. The van der Waals surface area contributed by atoms with Crippen molar-refractivity contribution < 1.29 is 22.4 Å². The van der Waals surface area contributed by atoms with Gasteiger partial charge < -0.3 is 11.1 Å². The monoisotopic (exact) mass is 455 g/mol. The highest BCUT2D eigenvalue weighted by Crippen LogP contribution is 2.24. The normalized spacial score (nSPS) is 11.1. The van der Waals surface area contributed by atoms with Crippen LogP contribution in [0.3, 0.4) is 0 Å². The van der Waals surface area contributed by atoms with Crippen LogP contribution in [-0.2, 0) is 16.6 Å². The van der Waals surface area contributed by atoms with Crippen LogP contribution in [0.4, 0.5) is 15.8 Å². The molecule has 3 aromatic rings. The third-order valence-electron chi connectivity index (χ3n) is 4.94. The van der Waals surface area contributed by atoms with Crippen LogP contribution in [0.2, 0.25) is 0 Å². The Labute approximate surface area is 185 Å². The molecule has 32 heavy (non-hydrogen) atoms. The van der Waals surface area contributed by atoms with E-state index in [0.29, 0.717) is 22.5 Å². The standard InChI is InChI=1S/C23H22FN3O4S/c1-15-19(22(25)28)7-5-9-21(15)26-23(29)16-10-12-18(13-11-16)27(32(2,30)31)14-17-6-3-4-8-20(17)24/h3-13H,14H2,1-2H3,(H2,25,28)(H,26,29). The Bertz CT molecular complexity index is 1270. The molecule has 0 heterocycles. The number of nitrogens with zero attached hydrogens (tertiary/aromatic N) is 1. The van der Waals surface area contributed by atoms with Crippen molar-refractivity contribution in [1.82, 2.24) is 0 Å². The number of anilines is 2. The summed E-state index contributed by atoms with van der Waals surface area (Å²) in [7, 11) is -3.71. The second-order valence-corrected chi connectivity index (χ2v) is 9.11. The maximum atomic E-state index is 14.0. The maximum absolute atomic E-state index is 14.0. The number of halogens is 1. The van der Waals surface area contributed by atoms with Crippen molar-refractivity contribution in [2.75, 3.05) is 15.9 Å². The molecule has 0 unspecified atom stereocenters. The van der Waals surface area contributed by atoms with E-state index in [0.717, 1.165) is 10.6 Å². The van der Waals surface area contributed by atoms with Gasteiger partial charge in [0.25, 0.3) is 5.91 Å². The number of amides is 2. The van der Waals surface area contributed by atoms with Gasteiger partial charge in [0.05, 0.1) is 18.5 Å². The van der Waals surface area contributed by atoms with E-state index >= 15 is 0 Å². The molecule has 0 aliphatic carbocycles. The Kier molecular flexibility index (Phi) is 6.59. The SMILES string of the molecule is Cc1c(NC(=O)c2ccc(N(Cc3ccccc3F)S(C)(=O)=O)cc2)cccc1C(N)=O. The molecule has 9 heteroatoms. The van der Waals surface area contributed by atoms with E-state index in [9.17, 15) is 22.4 Å². The Morgan fingerprint density at radius 1 is 1.00 bits per heavy atom. The molecule has 0 aliphatic rings. The van der Waals surface area contributed by atoms with Crippen LogP contribution in [-0.4, -0.2) is 26.5 Å². The zero-order chi connectivity index (χ0) is 23.5. The zero-order valence-corrected chi connectivity index (χ0v) is 18.3. The minimum atomic E-state index is -3.71. The smallest absolute Gasteiger partial charge is 0.255 e. The molecular formula is C23H22FN3O4S. The van der Waals surface area contributed by atoms with E-state index in [1.165, 1.54) is 42.5 Å². The predicted octanol–water partition coefficient (Wildman–Crippen LogP) is 3.45. The van der Waals surface area contributed by atoms with Gasteiger partial charge in [-0.15, -0.1) is 0 Å². The van der Waals surface area contributed by atoms with E-state index in [-0.39, 0.29) is 17.7 Å². The number of rotatable bonds is 7. The fourth-order valence-corrected chi connectivity index (χ4v) is 4.07. The summed E-state index contributed by atoms with van der Waals surface area (Å²) >= 11 is 0. The highest BCUT2D eigenvalue weighted by Gasteiger charge is 2.20. The average molecular weight is 456 g/mol. The van der Waals surface area contributed by atoms with E-state index in [4.69, 9.17) is 5.73 Å². The van der Waals surface area contributed by atoms with E-state index in [2.05, 4.69) is 5.32 Å². The van der Waals surface area contributed by atoms with Crippen LogP contribution in [0.15, 0.2) is 66.7 Å². The number of hydrogen-bond donors (Lipinski definition) is 2. The molecule has 166 valence electrons. The van der Waals surface area contributed by atoms with Gasteiger partial charge in [-0.2, -0.15) is 0 Å². The molecule has 2 amide bonds. The minimum absolute atomic E-state index is 0.184. The molecule has 0 bridgehead atoms. The third kappa shape index (κ3) is 5.12. The van der Waals surface area contributed by atoms with Crippen molar-refractivity contribution >= 4 is 33.2 Å². The van der Waals surface area contributed by atoms with Crippen LogP contribution < -0.4 is 15.4 Å². The van der Waals surface area contributed by atoms with Gasteiger partial charge in [-0.05, 0) is 55.0 Å². The lowest BCUT2D eigenvalue weighted by molar-refractivity contribution is 0.0995. The molecule has 0 fully saturated rings. The number of primary amides is 1. The van der Waals surface area contributed by atoms with E-state index in [1.807, 2.05) is 0 Å². The topological polar surface area (TPSA) is 110 Å². The molecule has 0 radical (unpaired) electrons. The summed E-state index contributed by atoms with van der Waals surface area (Å²) in [6, 6.07) is 16.6. The molecule has 0 saturated heterocycles. The molecule has 0 spiro atoms. The maximum Gasteiger partial charge on any atom is 0.255 e. The highest BCUT2D eigenvalue weighted by atomic mass is 32.2. The molecule has 3 N–H and O–H groups in total. The Hall–Kier alpha value is -3.72. The largest absolute Gasteiger partial charge is 0.366 e. The number of carbonyl (C=O) groups is 2. The van der Waals surface area contributed by atoms with Crippen molar-refractivity contribution in [2.45, 2.75) is 13.5 Å². The van der Waals surface area contributed by atoms with Crippen LogP contribution in [0.1, 0.15) is 31.8 Å². The van der Waals surface area contributed by atoms with Gasteiger partial charge in [0, 0.05) is 22.4 Å². The number of sulfonamides is 1. The molecule has 0 atom stereocenters. The minimum Gasteiger partial charge on any atom is -0.366 e. The second kappa shape index (κ2) is 9.19. The number of nitrogens with two attached hydrogens (primary N) is 1.